The Bertz CT molecular complexity index is 380. The molecule has 0 aliphatic rings. The van der Waals surface area contributed by atoms with Crippen LogP contribution in [0.1, 0.15) is 6.42 Å². The van der Waals surface area contributed by atoms with Gasteiger partial charge in [0.05, 0.1) is 11.6 Å². The molecule has 80 valence electrons. The second-order valence-corrected chi connectivity index (χ2v) is 3.94. The van der Waals surface area contributed by atoms with E-state index in [1.165, 1.54) is 0 Å². The van der Waals surface area contributed by atoms with Crippen LogP contribution in [-0.2, 0) is 0 Å². The first-order chi connectivity index (χ1) is 7.25. The van der Waals surface area contributed by atoms with E-state index in [-0.39, 0.29) is 0 Å². The third-order valence-corrected chi connectivity index (χ3v) is 2.92. The van der Waals surface area contributed by atoms with E-state index in [1.54, 1.807) is 6.07 Å². The Morgan fingerprint density at radius 3 is 3.07 bits per heavy atom. The van der Waals surface area contributed by atoms with Crippen molar-refractivity contribution in [2.45, 2.75) is 6.42 Å². The standard InChI is InChI=1S/C9H9BrClN3O/c10-7-3-1-4-8(9(7)11)15-6-2-5-13-14-12/h1,3-4H,2,5-6H2. The molecular formula is C9H9BrClN3O. The van der Waals surface area contributed by atoms with Gasteiger partial charge in [-0.2, -0.15) is 0 Å². The highest BCUT2D eigenvalue weighted by atomic mass is 79.9. The van der Waals surface area contributed by atoms with Crippen LogP contribution in [0.4, 0.5) is 0 Å². The molecule has 1 aromatic carbocycles. The summed E-state index contributed by atoms with van der Waals surface area (Å²) in [6, 6.07) is 5.48. The molecule has 0 fully saturated rings. The molecule has 1 aromatic rings. The van der Waals surface area contributed by atoms with Gasteiger partial charge in [-0.15, -0.1) is 0 Å². The first kappa shape index (κ1) is 12.2. The summed E-state index contributed by atoms with van der Waals surface area (Å²) in [7, 11) is 0. The molecular weight excluding hydrogens is 281 g/mol. The molecule has 0 saturated carbocycles. The average Bonchev–Trinajstić information content (AvgIpc) is 2.24. The fourth-order valence-electron chi connectivity index (χ4n) is 0.958. The Labute approximate surface area is 101 Å². The summed E-state index contributed by atoms with van der Waals surface area (Å²) in [5.74, 6) is 0.631. The second kappa shape index (κ2) is 6.56. The normalized spacial score (nSPS) is 9.47. The summed E-state index contributed by atoms with van der Waals surface area (Å²) < 4.78 is 6.22. The number of hydrogen-bond donors (Lipinski definition) is 0. The van der Waals surface area contributed by atoms with E-state index in [4.69, 9.17) is 21.9 Å². The van der Waals surface area contributed by atoms with Crippen LogP contribution < -0.4 is 4.74 Å². The fourth-order valence-corrected chi connectivity index (χ4v) is 1.49. The molecule has 1 rings (SSSR count). The maximum atomic E-state index is 8.05. The lowest BCUT2D eigenvalue weighted by Gasteiger charge is -2.07. The highest BCUT2D eigenvalue weighted by Crippen LogP contribution is 2.31. The molecule has 0 radical (unpaired) electrons. The summed E-state index contributed by atoms with van der Waals surface area (Å²) in [5, 5.41) is 3.96. The number of rotatable bonds is 5. The second-order valence-electron chi connectivity index (χ2n) is 2.71. The van der Waals surface area contributed by atoms with Gasteiger partial charge < -0.3 is 4.74 Å². The van der Waals surface area contributed by atoms with Gasteiger partial charge in [-0.25, -0.2) is 0 Å². The molecule has 0 aliphatic carbocycles. The lowest BCUT2D eigenvalue weighted by Crippen LogP contribution is -1.99. The fraction of sp³-hybridized carbons (Fsp3) is 0.333. The Morgan fingerprint density at radius 1 is 1.53 bits per heavy atom. The smallest absolute Gasteiger partial charge is 0.139 e. The molecule has 0 atom stereocenters. The van der Waals surface area contributed by atoms with Crippen molar-refractivity contribution in [1.82, 2.24) is 0 Å². The molecule has 0 N–H and O–H groups in total. The van der Waals surface area contributed by atoms with Crippen molar-refractivity contribution in [2.75, 3.05) is 13.2 Å². The van der Waals surface area contributed by atoms with E-state index in [2.05, 4.69) is 26.0 Å². The number of azide groups is 1. The van der Waals surface area contributed by atoms with Crippen molar-refractivity contribution < 1.29 is 4.74 Å². The van der Waals surface area contributed by atoms with Gasteiger partial charge in [0.2, 0.25) is 0 Å². The SMILES string of the molecule is [N-]=[N+]=NCCCOc1cccc(Br)c1Cl. The zero-order valence-electron chi connectivity index (χ0n) is 7.86. The molecule has 6 heteroatoms. The molecule has 0 heterocycles. The van der Waals surface area contributed by atoms with Crippen LogP contribution in [0.5, 0.6) is 5.75 Å². The van der Waals surface area contributed by atoms with Gasteiger partial charge in [-0.1, -0.05) is 22.8 Å². The topological polar surface area (TPSA) is 58.0 Å². The highest BCUT2D eigenvalue weighted by Gasteiger charge is 2.03. The van der Waals surface area contributed by atoms with Crippen LogP contribution in [-0.4, -0.2) is 13.2 Å². The number of halogens is 2. The van der Waals surface area contributed by atoms with Crippen LogP contribution in [0, 0.1) is 0 Å². The van der Waals surface area contributed by atoms with E-state index in [1.807, 2.05) is 12.1 Å². The van der Waals surface area contributed by atoms with Crippen molar-refractivity contribution in [3.8, 4) is 5.75 Å². The van der Waals surface area contributed by atoms with E-state index in [9.17, 15) is 0 Å². The lowest BCUT2D eigenvalue weighted by molar-refractivity contribution is 0.313. The predicted octanol–water partition coefficient (Wildman–Crippen LogP) is 4.18. The van der Waals surface area contributed by atoms with Gasteiger partial charge in [0.15, 0.2) is 0 Å². The van der Waals surface area contributed by atoms with Crippen LogP contribution in [0.3, 0.4) is 0 Å². The van der Waals surface area contributed by atoms with Crippen molar-refractivity contribution in [2.24, 2.45) is 5.11 Å². The minimum atomic E-state index is 0.433. The molecule has 0 bridgehead atoms. The van der Waals surface area contributed by atoms with Crippen LogP contribution in [0.15, 0.2) is 27.8 Å². The molecule has 0 spiro atoms. The largest absolute Gasteiger partial charge is 0.492 e. The Balaban J connectivity index is 2.44. The average molecular weight is 291 g/mol. The summed E-state index contributed by atoms with van der Waals surface area (Å²) in [6.45, 7) is 0.914. The number of nitrogens with zero attached hydrogens (tertiary/aromatic N) is 3. The van der Waals surface area contributed by atoms with Crippen molar-refractivity contribution in [3.05, 3.63) is 38.1 Å². The zero-order chi connectivity index (χ0) is 11.1. The quantitative estimate of drug-likeness (QED) is 0.347. The van der Waals surface area contributed by atoms with Crippen molar-refractivity contribution in [1.29, 1.82) is 0 Å². The van der Waals surface area contributed by atoms with Gasteiger partial charge in [0, 0.05) is 15.9 Å². The summed E-state index contributed by atoms with van der Waals surface area (Å²) in [4.78, 5) is 2.65. The molecule has 0 aromatic heterocycles. The van der Waals surface area contributed by atoms with E-state index >= 15 is 0 Å². The number of benzene rings is 1. The number of ether oxygens (including phenoxy) is 1. The zero-order valence-corrected chi connectivity index (χ0v) is 10.2. The van der Waals surface area contributed by atoms with Crippen molar-refractivity contribution >= 4 is 27.5 Å². The molecule has 0 aliphatic heterocycles. The Morgan fingerprint density at radius 2 is 2.33 bits per heavy atom. The predicted molar refractivity (Wildman–Crippen MR) is 63.3 cm³/mol. The monoisotopic (exact) mass is 289 g/mol. The highest BCUT2D eigenvalue weighted by molar-refractivity contribution is 9.10. The van der Waals surface area contributed by atoms with Crippen LogP contribution in [0.2, 0.25) is 5.02 Å². The van der Waals surface area contributed by atoms with Crippen LogP contribution in [0.25, 0.3) is 10.4 Å². The summed E-state index contributed by atoms with van der Waals surface area (Å²) >= 11 is 9.28. The summed E-state index contributed by atoms with van der Waals surface area (Å²) in [5.41, 5.74) is 8.05. The maximum Gasteiger partial charge on any atom is 0.139 e. The van der Waals surface area contributed by atoms with Crippen molar-refractivity contribution in [3.63, 3.8) is 0 Å². The van der Waals surface area contributed by atoms with Gasteiger partial charge in [0.25, 0.3) is 0 Å². The first-order valence-electron chi connectivity index (χ1n) is 4.33. The Kier molecular flexibility index (Phi) is 5.32. The lowest BCUT2D eigenvalue weighted by atomic mass is 10.3. The molecule has 0 saturated heterocycles. The molecule has 4 nitrogen and oxygen atoms in total. The van der Waals surface area contributed by atoms with Gasteiger partial charge in [-0.05, 0) is 40.0 Å². The molecule has 0 amide bonds. The van der Waals surface area contributed by atoms with E-state index in [0.29, 0.717) is 30.3 Å². The maximum absolute atomic E-state index is 8.05. The number of hydrogen-bond acceptors (Lipinski definition) is 2. The Hall–Kier alpha value is -0.900. The third-order valence-electron chi connectivity index (χ3n) is 1.64. The van der Waals surface area contributed by atoms with Gasteiger partial charge in [-0.3, -0.25) is 0 Å². The van der Waals surface area contributed by atoms with E-state index in [0.717, 1.165) is 4.47 Å². The first-order valence-corrected chi connectivity index (χ1v) is 5.50. The molecule has 15 heavy (non-hydrogen) atoms. The van der Waals surface area contributed by atoms with E-state index < -0.39 is 0 Å². The van der Waals surface area contributed by atoms with Crippen LogP contribution >= 0.6 is 27.5 Å². The third kappa shape index (κ3) is 4.00. The minimum Gasteiger partial charge on any atom is -0.492 e. The molecule has 0 unspecified atom stereocenters. The summed E-state index contributed by atoms with van der Waals surface area (Å²) in [6.07, 6.45) is 0.674. The van der Waals surface area contributed by atoms with Gasteiger partial charge >= 0.3 is 0 Å². The minimum absolute atomic E-state index is 0.433. The van der Waals surface area contributed by atoms with Gasteiger partial charge in [0.1, 0.15) is 5.75 Å².